The van der Waals surface area contributed by atoms with E-state index in [0.29, 0.717) is 13.0 Å². The number of ether oxygens (including phenoxy) is 2. The van der Waals surface area contributed by atoms with Crippen molar-refractivity contribution in [1.29, 1.82) is 0 Å². The maximum atomic E-state index is 11.8. The highest BCUT2D eigenvalue weighted by molar-refractivity contribution is 6.03. The molecular formula is C16H27NO5. The first-order valence-electron chi connectivity index (χ1n) is 7.71. The molecule has 0 aromatic rings. The Bertz CT molecular complexity index is 432. The normalized spacial score (nSPS) is 20.6. The summed E-state index contributed by atoms with van der Waals surface area (Å²) in [6, 6.07) is 0. The third kappa shape index (κ3) is 5.85. The molecule has 1 saturated heterocycles. The number of hydrogen-bond acceptors (Lipinski definition) is 5. The van der Waals surface area contributed by atoms with Gasteiger partial charge in [-0.2, -0.15) is 0 Å². The van der Waals surface area contributed by atoms with E-state index < -0.39 is 5.60 Å². The lowest BCUT2D eigenvalue weighted by Gasteiger charge is -2.27. The van der Waals surface area contributed by atoms with Crippen LogP contribution in [0.5, 0.6) is 0 Å². The minimum Gasteiger partial charge on any atom is -0.375 e. The van der Waals surface area contributed by atoms with Crippen molar-refractivity contribution in [3.05, 3.63) is 0 Å². The van der Waals surface area contributed by atoms with Crippen LogP contribution in [0.4, 0.5) is 0 Å². The fourth-order valence-corrected chi connectivity index (χ4v) is 2.34. The van der Waals surface area contributed by atoms with Gasteiger partial charge in [0, 0.05) is 18.8 Å². The van der Waals surface area contributed by atoms with Gasteiger partial charge in [-0.05, 0) is 27.7 Å². The Morgan fingerprint density at radius 1 is 1.41 bits per heavy atom. The second kappa shape index (κ2) is 7.83. The first-order valence-corrected chi connectivity index (χ1v) is 7.71. The van der Waals surface area contributed by atoms with Crippen LogP contribution >= 0.6 is 0 Å². The van der Waals surface area contributed by atoms with Crippen LogP contribution in [0, 0.1) is 5.92 Å². The minimum atomic E-state index is -0.539. The average Bonchev–Trinajstić information content (AvgIpc) is 2.62. The largest absolute Gasteiger partial charge is 0.375 e. The second-order valence-corrected chi connectivity index (χ2v) is 6.62. The van der Waals surface area contributed by atoms with Crippen LogP contribution in [0.1, 0.15) is 47.5 Å². The van der Waals surface area contributed by atoms with E-state index in [2.05, 4.69) is 0 Å². The van der Waals surface area contributed by atoms with Gasteiger partial charge in [0.1, 0.15) is 5.78 Å². The van der Waals surface area contributed by atoms with Gasteiger partial charge in [0.2, 0.25) is 11.8 Å². The van der Waals surface area contributed by atoms with E-state index in [4.69, 9.17) is 9.47 Å². The van der Waals surface area contributed by atoms with Crippen molar-refractivity contribution in [2.45, 2.75) is 59.2 Å². The van der Waals surface area contributed by atoms with Crippen LogP contribution in [0.15, 0.2) is 0 Å². The highest BCUT2D eigenvalue weighted by Crippen LogP contribution is 2.19. The Labute approximate surface area is 132 Å². The summed E-state index contributed by atoms with van der Waals surface area (Å²) in [4.78, 5) is 35.7. The van der Waals surface area contributed by atoms with Gasteiger partial charge >= 0.3 is 0 Å². The monoisotopic (exact) mass is 313 g/mol. The fraction of sp³-hybridized carbons (Fsp3) is 0.812. The van der Waals surface area contributed by atoms with Crippen molar-refractivity contribution < 1.29 is 23.9 Å². The summed E-state index contributed by atoms with van der Waals surface area (Å²) in [6.07, 6.45) is 0.515. The van der Waals surface area contributed by atoms with Crippen molar-refractivity contribution in [2.24, 2.45) is 5.92 Å². The van der Waals surface area contributed by atoms with Gasteiger partial charge in [0.05, 0.1) is 31.5 Å². The Kier molecular flexibility index (Phi) is 6.68. The number of Topliss-reactive ketones (excluding diaryl/α,β-unsaturated/α-hetero) is 1. The molecule has 0 saturated carbocycles. The zero-order chi connectivity index (χ0) is 16.9. The molecule has 0 spiro atoms. The minimum absolute atomic E-state index is 0.0893. The standard InChI is InChI=1S/C16H27NO5/c1-11-8-14(19)17(15(11)20)6-7-22-16(4,5)10-21-13(3)9-12(2)18/h11,13H,6-10H2,1-5H3. The van der Waals surface area contributed by atoms with E-state index in [1.54, 1.807) is 6.92 Å². The maximum Gasteiger partial charge on any atom is 0.232 e. The van der Waals surface area contributed by atoms with E-state index in [1.165, 1.54) is 11.8 Å². The molecule has 0 aromatic carbocycles. The Morgan fingerprint density at radius 3 is 2.55 bits per heavy atom. The van der Waals surface area contributed by atoms with Gasteiger partial charge in [-0.15, -0.1) is 0 Å². The van der Waals surface area contributed by atoms with Gasteiger partial charge in [-0.1, -0.05) is 6.92 Å². The summed E-state index contributed by atoms with van der Waals surface area (Å²) >= 11 is 0. The number of likely N-dealkylation sites (tertiary alicyclic amines) is 1. The zero-order valence-electron chi connectivity index (χ0n) is 14.2. The smallest absolute Gasteiger partial charge is 0.232 e. The fourth-order valence-electron chi connectivity index (χ4n) is 2.34. The molecule has 0 aliphatic carbocycles. The third-order valence-corrected chi connectivity index (χ3v) is 3.57. The summed E-state index contributed by atoms with van der Waals surface area (Å²) in [5.74, 6) is -0.398. The highest BCUT2D eigenvalue weighted by atomic mass is 16.5. The lowest BCUT2D eigenvalue weighted by Crippen LogP contribution is -2.38. The molecule has 6 nitrogen and oxygen atoms in total. The Hall–Kier alpha value is -1.27. The SMILES string of the molecule is CC(=O)CC(C)OCC(C)(C)OCCN1C(=O)CC(C)C1=O. The lowest BCUT2D eigenvalue weighted by atomic mass is 10.1. The first kappa shape index (κ1) is 18.8. The average molecular weight is 313 g/mol. The van der Waals surface area contributed by atoms with E-state index in [1.807, 2.05) is 20.8 Å². The number of carbonyl (C=O) groups is 3. The van der Waals surface area contributed by atoms with E-state index in [-0.39, 0.29) is 49.2 Å². The van der Waals surface area contributed by atoms with E-state index in [9.17, 15) is 14.4 Å². The van der Waals surface area contributed by atoms with Crippen molar-refractivity contribution >= 4 is 17.6 Å². The summed E-state index contributed by atoms with van der Waals surface area (Å²) < 4.78 is 11.3. The third-order valence-electron chi connectivity index (χ3n) is 3.57. The number of imide groups is 1. The molecule has 1 heterocycles. The number of ketones is 1. The molecule has 0 bridgehead atoms. The van der Waals surface area contributed by atoms with Crippen LogP contribution in [0.25, 0.3) is 0 Å². The van der Waals surface area contributed by atoms with Gasteiger partial charge in [-0.3, -0.25) is 19.3 Å². The second-order valence-electron chi connectivity index (χ2n) is 6.62. The Balaban J connectivity index is 2.32. The number of carbonyl (C=O) groups excluding carboxylic acids is 3. The predicted molar refractivity (Wildman–Crippen MR) is 81.2 cm³/mol. The van der Waals surface area contributed by atoms with Crippen molar-refractivity contribution in [2.75, 3.05) is 19.8 Å². The van der Waals surface area contributed by atoms with E-state index >= 15 is 0 Å². The zero-order valence-corrected chi connectivity index (χ0v) is 14.2. The molecule has 1 rings (SSSR count). The molecule has 22 heavy (non-hydrogen) atoms. The topological polar surface area (TPSA) is 72.9 Å². The molecule has 6 heteroatoms. The van der Waals surface area contributed by atoms with Crippen molar-refractivity contribution in [3.63, 3.8) is 0 Å². The van der Waals surface area contributed by atoms with Crippen LogP contribution in [-0.4, -0.2) is 54.0 Å². The Morgan fingerprint density at radius 2 is 2.05 bits per heavy atom. The number of hydrogen-bond donors (Lipinski definition) is 0. The molecule has 1 aliphatic heterocycles. The summed E-state index contributed by atoms with van der Waals surface area (Å²) in [7, 11) is 0. The van der Waals surface area contributed by atoms with Crippen molar-refractivity contribution in [3.8, 4) is 0 Å². The molecule has 1 fully saturated rings. The van der Waals surface area contributed by atoms with E-state index in [0.717, 1.165) is 0 Å². The van der Waals surface area contributed by atoms with Gasteiger partial charge in [0.15, 0.2) is 0 Å². The predicted octanol–water partition coefficient (Wildman–Crippen LogP) is 1.56. The number of amides is 2. The highest BCUT2D eigenvalue weighted by Gasteiger charge is 2.35. The van der Waals surface area contributed by atoms with Gasteiger partial charge in [-0.25, -0.2) is 0 Å². The van der Waals surface area contributed by atoms with Crippen LogP contribution in [0.2, 0.25) is 0 Å². The van der Waals surface area contributed by atoms with Crippen LogP contribution in [0.3, 0.4) is 0 Å². The molecule has 1 aliphatic rings. The molecule has 2 unspecified atom stereocenters. The van der Waals surface area contributed by atoms with Gasteiger partial charge in [0.25, 0.3) is 0 Å². The molecular weight excluding hydrogens is 286 g/mol. The first-order chi connectivity index (χ1) is 10.1. The molecule has 126 valence electrons. The number of nitrogens with zero attached hydrogens (tertiary/aromatic N) is 1. The number of rotatable bonds is 9. The lowest BCUT2D eigenvalue weighted by molar-refractivity contribution is -0.142. The summed E-state index contributed by atoms with van der Waals surface area (Å²) in [5, 5.41) is 0. The van der Waals surface area contributed by atoms with Crippen LogP contribution < -0.4 is 0 Å². The molecule has 0 aromatic heterocycles. The van der Waals surface area contributed by atoms with Gasteiger partial charge < -0.3 is 9.47 Å². The summed E-state index contributed by atoms with van der Waals surface area (Å²) in [5.41, 5.74) is -0.539. The maximum absolute atomic E-state index is 11.8. The summed E-state index contributed by atoms with van der Waals surface area (Å²) in [6.45, 7) is 9.80. The quantitative estimate of drug-likeness (QED) is 0.604. The molecule has 2 amide bonds. The van der Waals surface area contributed by atoms with Crippen molar-refractivity contribution in [1.82, 2.24) is 4.90 Å². The molecule has 0 N–H and O–H groups in total. The molecule has 0 radical (unpaired) electrons. The van der Waals surface area contributed by atoms with Crippen LogP contribution in [-0.2, 0) is 23.9 Å². The molecule has 2 atom stereocenters.